The Morgan fingerprint density at radius 3 is 1.93 bits per heavy atom. The standard InChI is InChI=1S/C10H15NO4/c1-12-8-5-9(13-2)7-10(6-8)14-3-4-15-11/h5-7H,3-4,11H2,1-2H3. The second-order valence-corrected chi connectivity index (χ2v) is 2.77. The Morgan fingerprint density at radius 1 is 0.933 bits per heavy atom. The Bertz CT molecular complexity index is 281. The molecule has 0 aliphatic carbocycles. The number of hydrogen-bond donors (Lipinski definition) is 1. The monoisotopic (exact) mass is 213 g/mol. The van der Waals surface area contributed by atoms with E-state index >= 15 is 0 Å². The lowest BCUT2D eigenvalue weighted by Gasteiger charge is -2.09. The van der Waals surface area contributed by atoms with Crippen molar-refractivity contribution in [2.24, 2.45) is 5.90 Å². The van der Waals surface area contributed by atoms with Crippen LogP contribution in [0.3, 0.4) is 0 Å². The first kappa shape index (κ1) is 11.6. The highest BCUT2D eigenvalue weighted by Gasteiger charge is 2.02. The second kappa shape index (κ2) is 6.10. The summed E-state index contributed by atoms with van der Waals surface area (Å²) in [6, 6.07) is 5.30. The van der Waals surface area contributed by atoms with Crippen LogP contribution in [0, 0.1) is 0 Å². The van der Waals surface area contributed by atoms with Crippen LogP contribution in [0.5, 0.6) is 17.2 Å². The topological polar surface area (TPSA) is 62.9 Å². The molecule has 1 aromatic carbocycles. The quantitative estimate of drug-likeness (QED) is 0.563. The average molecular weight is 213 g/mol. The first-order chi connectivity index (χ1) is 7.30. The fourth-order valence-electron chi connectivity index (χ4n) is 1.07. The first-order valence-electron chi connectivity index (χ1n) is 4.47. The highest BCUT2D eigenvalue weighted by molar-refractivity contribution is 5.41. The average Bonchev–Trinajstić information content (AvgIpc) is 2.29. The van der Waals surface area contributed by atoms with Gasteiger partial charge in [0, 0.05) is 18.2 Å². The van der Waals surface area contributed by atoms with Gasteiger partial charge in [-0.15, -0.1) is 0 Å². The van der Waals surface area contributed by atoms with Gasteiger partial charge in [0.05, 0.1) is 14.2 Å². The summed E-state index contributed by atoms with van der Waals surface area (Å²) < 4.78 is 15.5. The van der Waals surface area contributed by atoms with E-state index in [1.807, 2.05) is 0 Å². The van der Waals surface area contributed by atoms with Crippen molar-refractivity contribution in [2.45, 2.75) is 0 Å². The summed E-state index contributed by atoms with van der Waals surface area (Å²) in [6.45, 7) is 0.715. The molecule has 0 saturated carbocycles. The number of nitrogens with two attached hydrogens (primary N) is 1. The van der Waals surface area contributed by atoms with Gasteiger partial charge >= 0.3 is 0 Å². The molecule has 0 unspecified atom stereocenters. The molecule has 1 rings (SSSR count). The summed E-state index contributed by atoms with van der Waals surface area (Å²) >= 11 is 0. The largest absolute Gasteiger partial charge is 0.496 e. The summed E-state index contributed by atoms with van der Waals surface area (Å²) in [7, 11) is 3.17. The normalized spacial score (nSPS) is 9.80. The summed E-state index contributed by atoms with van der Waals surface area (Å²) in [5, 5.41) is 0. The highest BCUT2D eigenvalue weighted by Crippen LogP contribution is 2.27. The maximum absolute atomic E-state index is 5.37. The molecule has 0 spiro atoms. The predicted molar refractivity (Wildman–Crippen MR) is 55.2 cm³/mol. The van der Waals surface area contributed by atoms with Crippen molar-refractivity contribution < 1.29 is 19.0 Å². The summed E-state index contributed by atoms with van der Waals surface area (Å²) in [5.74, 6) is 6.89. The molecular weight excluding hydrogens is 198 g/mol. The molecule has 5 heteroatoms. The van der Waals surface area contributed by atoms with Crippen LogP contribution in [-0.4, -0.2) is 27.4 Å². The Morgan fingerprint density at radius 2 is 1.47 bits per heavy atom. The fraction of sp³-hybridized carbons (Fsp3) is 0.400. The molecular formula is C10H15NO4. The molecule has 0 bridgehead atoms. The van der Waals surface area contributed by atoms with Crippen LogP contribution in [0.4, 0.5) is 0 Å². The smallest absolute Gasteiger partial charge is 0.126 e. The predicted octanol–water partition coefficient (Wildman–Crippen LogP) is 0.973. The lowest BCUT2D eigenvalue weighted by molar-refractivity contribution is 0.102. The van der Waals surface area contributed by atoms with Gasteiger partial charge in [-0.05, 0) is 0 Å². The molecule has 0 heterocycles. The molecule has 84 valence electrons. The van der Waals surface area contributed by atoms with E-state index in [-0.39, 0.29) is 0 Å². The van der Waals surface area contributed by atoms with Gasteiger partial charge in [-0.3, -0.25) is 0 Å². The lowest BCUT2D eigenvalue weighted by atomic mass is 10.3. The van der Waals surface area contributed by atoms with Crippen molar-refractivity contribution >= 4 is 0 Å². The van der Waals surface area contributed by atoms with Crippen molar-refractivity contribution in [3.63, 3.8) is 0 Å². The van der Waals surface area contributed by atoms with Crippen LogP contribution in [-0.2, 0) is 4.84 Å². The minimum Gasteiger partial charge on any atom is -0.496 e. The van der Waals surface area contributed by atoms with Crippen LogP contribution < -0.4 is 20.1 Å². The third-order valence-electron chi connectivity index (χ3n) is 1.79. The SMILES string of the molecule is COc1cc(OC)cc(OCCON)c1. The summed E-state index contributed by atoms with van der Waals surface area (Å²) in [4.78, 5) is 4.39. The van der Waals surface area contributed by atoms with Crippen LogP contribution in [0.25, 0.3) is 0 Å². The number of hydrogen-bond acceptors (Lipinski definition) is 5. The molecule has 0 aliphatic rings. The maximum atomic E-state index is 5.37. The van der Waals surface area contributed by atoms with Crippen molar-refractivity contribution in [3.8, 4) is 17.2 Å². The van der Waals surface area contributed by atoms with Crippen LogP contribution in [0.15, 0.2) is 18.2 Å². The molecule has 0 amide bonds. The molecule has 15 heavy (non-hydrogen) atoms. The van der Waals surface area contributed by atoms with Gasteiger partial charge in [-0.1, -0.05) is 0 Å². The zero-order chi connectivity index (χ0) is 11.1. The summed E-state index contributed by atoms with van der Waals surface area (Å²) in [5.41, 5.74) is 0. The van der Waals surface area contributed by atoms with E-state index < -0.39 is 0 Å². The van der Waals surface area contributed by atoms with Crippen molar-refractivity contribution in [3.05, 3.63) is 18.2 Å². The zero-order valence-corrected chi connectivity index (χ0v) is 8.86. The van der Waals surface area contributed by atoms with Crippen molar-refractivity contribution in [2.75, 3.05) is 27.4 Å². The minimum absolute atomic E-state index is 0.333. The molecule has 0 radical (unpaired) electrons. The van der Waals surface area contributed by atoms with Gasteiger partial charge in [0.2, 0.25) is 0 Å². The van der Waals surface area contributed by atoms with Crippen LogP contribution in [0.1, 0.15) is 0 Å². The minimum atomic E-state index is 0.333. The Kier molecular flexibility index (Phi) is 4.73. The van der Waals surface area contributed by atoms with E-state index in [2.05, 4.69) is 4.84 Å². The van der Waals surface area contributed by atoms with Gasteiger partial charge < -0.3 is 19.0 Å². The molecule has 2 N–H and O–H groups in total. The van der Waals surface area contributed by atoms with Crippen molar-refractivity contribution in [1.82, 2.24) is 0 Å². The van der Waals surface area contributed by atoms with Gasteiger partial charge in [0.25, 0.3) is 0 Å². The molecule has 5 nitrogen and oxygen atoms in total. The number of methoxy groups -OCH3 is 2. The van der Waals surface area contributed by atoms with E-state index in [0.29, 0.717) is 30.5 Å². The van der Waals surface area contributed by atoms with E-state index in [4.69, 9.17) is 20.1 Å². The van der Waals surface area contributed by atoms with E-state index in [0.717, 1.165) is 0 Å². The maximum Gasteiger partial charge on any atom is 0.126 e. The highest BCUT2D eigenvalue weighted by atomic mass is 16.6. The molecule has 0 aromatic heterocycles. The molecule has 0 saturated heterocycles. The third kappa shape index (κ3) is 3.65. The number of rotatable bonds is 6. The third-order valence-corrected chi connectivity index (χ3v) is 1.79. The fourth-order valence-corrected chi connectivity index (χ4v) is 1.07. The molecule has 0 fully saturated rings. The van der Waals surface area contributed by atoms with Crippen LogP contribution in [0.2, 0.25) is 0 Å². The van der Waals surface area contributed by atoms with E-state index in [1.54, 1.807) is 32.4 Å². The second-order valence-electron chi connectivity index (χ2n) is 2.77. The first-order valence-corrected chi connectivity index (χ1v) is 4.47. The molecule has 0 atom stereocenters. The number of ether oxygens (including phenoxy) is 3. The Labute approximate surface area is 88.6 Å². The van der Waals surface area contributed by atoms with E-state index in [9.17, 15) is 0 Å². The van der Waals surface area contributed by atoms with Crippen molar-refractivity contribution in [1.29, 1.82) is 0 Å². The number of benzene rings is 1. The van der Waals surface area contributed by atoms with Crippen LogP contribution >= 0.6 is 0 Å². The zero-order valence-electron chi connectivity index (χ0n) is 8.86. The van der Waals surface area contributed by atoms with Gasteiger partial charge in [-0.2, -0.15) is 0 Å². The Hall–Kier alpha value is -1.46. The lowest BCUT2D eigenvalue weighted by Crippen LogP contribution is -2.10. The van der Waals surface area contributed by atoms with E-state index in [1.165, 1.54) is 0 Å². The van der Waals surface area contributed by atoms with Gasteiger partial charge in [-0.25, -0.2) is 5.90 Å². The van der Waals surface area contributed by atoms with Gasteiger partial charge in [0.15, 0.2) is 0 Å². The molecule has 0 aliphatic heterocycles. The van der Waals surface area contributed by atoms with Gasteiger partial charge in [0.1, 0.15) is 30.5 Å². The summed E-state index contributed by atoms with van der Waals surface area (Å²) in [6.07, 6.45) is 0. The molecule has 1 aromatic rings. The Balaban J connectivity index is 2.68.